The number of ether oxygens (including phenoxy) is 1. The summed E-state index contributed by atoms with van der Waals surface area (Å²) in [4.78, 5) is 38.8. The lowest BCUT2D eigenvalue weighted by Gasteiger charge is -2.29. The van der Waals surface area contributed by atoms with Crippen molar-refractivity contribution in [3.8, 4) is 11.1 Å². The summed E-state index contributed by atoms with van der Waals surface area (Å²) in [7, 11) is 0. The molecule has 1 saturated heterocycles. The maximum absolute atomic E-state index is 13.2. The van der Waals surface area contributed by atoms with Gasteiger partial charge < -0.3 is 20.1 Å². The predicted octanol–water partition coefficient (Wildman–Crippen LogP) is 3.93. The van der Waals surface area contributed by atoms with Crippen molar-refractivity contribution in [1.82, 2.24) is 10.2 Å². The smallest absolute Gasteiger partial charge is 0.407 e. The summed E-state index contributed by atoms with van der Waals surface area (Å²) >= 11 is 1.40. The standard InChI is InChI=1S/C25H28N2O5S/c1-3-15(2)22(23(28)27-14-33-13-21(27)24(29)30)26-25(31)32-12-20-18-10-6-4-8-16(18)17-9-5-7-11-19(17)20/h4-11,15,20-22H,3,12-14H2,1-2H3,(H,26,31)(H,29,30)/t15?,21-,22-/m0/s1. The van der Waals surface area contributed by atoms with Crippen LogP contribution in [0.3, 0.4) is 0 Å². The van der Waals surface area contributed by atoms with E-state index in [9.17, 15) is 19.5 Å². The predicted molar refractivity (Wildman–Crippen MR) is 127 cm³/mol. The molecule has 3 atom stereocenters. The van der Waals surface area contributed by atoms with Crippen LogP contribution < -0.4 is 5.32 Å². The van der Waals surface area contributed by atoms with Crippen molar-refractivity contribution in [3.05, 3.63) is 59.7 Å². The number of fused-ring (bicyclic) bond motifs is 3. The Labute approximate surface area is 197 Å². The van der Waals surface area contributed by atoms with Crippen LogP contribution in [-0.4, -0.2) is 58.3 Å². The Bertz CT molecular complexity index is 1010. The Hall–Kier alpha value is -3.00. The molecule has 0 saturated carbocycles. The third-order valence-corrected chi connectivity index (χ3v) is 7.56. The molecule has 1 fully saturated rings. The summed E-state index contributed by atoms with van der Waals surface area (Å²) in [5.74, 6) is -1.01. The largest absolute Gasteiger partial charge is 0.480 e. The van der Waals surface area contributed by atoms with E-state index in [0.717, 1.165) is 22.3 Å². The molecule has 1 aliphatic carbocycles. The zero-order valence-electron chi connectivity index (χ0n) is 18.7. The fourth-order valence-electron chi connectivity index (χ4n) is 4.49. The highest BCUT2D eigenvalue weighted by atomic mass is 32.2. The number of benzene rings is 2. The van der Waals surface area contributed by atoms with Crippen molar-refractivity contribution in [2.75, 3.05) is 18.2 Å². The van der Waals surface area contributed by atoms with Gasteiger partial charge in [0.1, 0.15) is 18.7 Å². The van der Waals surface area contributed by atoms with Gasteiger partial charge in [0.25, 0.3) is 0 Å². The Balaban J connectivity index is 1.46. The van der Waals surface area contributed by atoms with Gasteiger partial charge in [0.15, 0.2) is 0 Å². The number of carbonyl (C=O) groups is 3. The topological polar surface area (TPSA) is 95.9 Å². The van der Waals surface area contributed by atoms with E-state index in [-0.39, 0.29) is 24.3 Å². The number of hydrogen-bond acceptors (Lipinski definition) is 5. The third-order valence-electron chi connectivity index (χ3n) is 6.55. The van der Waals surface area contributed by atoms with Gasteiger partial charge in [-0.05, 0) is 28.2 Å². The monoisotopic (exact) mass is 468 g/mol. The number of rotatable bonds is 7. The van der Waals surface area contributed by atoms with Crippen LogP contribution in [0.25, 0.3) is 11.1 Å². The minimum Gasteiger partial charge on any atom is -0.480 e. The summed E-state index contributed by atoms with van der Waals surface area (Å²) in [5, 5.41) is 12.2. The normalized spacial score (nSPS) is 18.8. The first-order valence-corrected chi connectivity index (χ1v) is 12.3. The first kappa shape index (κ1) is 23.2. The average molecular weight is 469 g/mol. The van der Waals surface area contributed by atoms with Crippen molar-refractivity contribution >= 4 is 29.7 Å². The van der Waals surface area contributed by atoms with Crippen LogP contribution in [0.1, 0.15) is 37.3 Å². The lowest BCUT2D eigenvalue weighted by molar-refractivity contribution is -0.149. The van der Waals surface area contributed by atoms with Gasteiger partial charge in [-0.1, -0.05) is 68.8 Å². The molecule has 1 aliphatic heterocycles. The molecule has 2 aromatic rings. The van der Waals surface area contributed by atoms with Crippen LogP contribution in [0.2, 0.25) is 0 Å². The molecule has 2 amide bonds. The van der Waals surface area contributed by atoms with E-state index in [1.54, 1.807) is 0 Å². The molecule has 7 nitrogen and oxygen atoms in total. The quantitative estimate of drug-likeness (QED) is 0.639. The van der Waals surface area contributed by atoms with Crippen molar-refractivity contribution in [1.29, 1.82) is 0 Å². The second-order valence-corrected chi connectivity index (χ2v) is 9.49. The average Bonchev–Trinajstić information content (AvgIpc) is 3.44. The fraction of sp³-hybridized carbons (Fsp3) is 0.400. The number of carbonyl (C=O) groups excluding carboxylic acids is 2. The van der Waals surface area contributed by atoms with E-state index in [0.29, 0.717) is 18.1 Å². The molecule has 1 unspecified atom stereocenters. The van der Waals surface area contributed by atoms with Gasteiger partial charge in [0, 0.05) is 11.7 Å². The van der Waals surface area contributed by atoms with Crippen molar-refractivity contribution < 1.29 is 24.2 Å². The minimum atomic E-state index is -1.03. The molecule has 8 heteroatoms. The molecule has 2 N–H and O–H groups in total. The van der Waals surface area contributed by atoms with Gasteiger partial charge in [0.05, 0.1) is 5.88 Å². The number of thioether (sulfide) groups is 1. The molecule has 4 rings (SSSR count). The molecule has 0 aromatic heterocycles. The van der Waals surface area contributed by atoms with Crippen molar-refractivity contribution in [2.45, 2.75) is 38.3 Å². The maximum Gasteiger partial charge on any atom is 0.407 e. The molecule has 0 radical (unpaired) electrons. The molecule has 174 valence electrons. The lowest BCUT2D eigenvalue weighted by atomic mass is 9.97. The number of hydrogen-bond donors (Lipinski definition) is 2. The molecule has 0 spiro atoms. The number of aliphatic carboxylic acids is 1. The van der Waals surface area contributed by atoms with Crippen LogP contribution in [0.15, 0.2) is 48.5 Å². The lowest BCUT2D eigenvalue weighted by Crippen LogP contribution is -2.54. The zero-order chi connectivity index (χ0) is 23.5. The fourth-order valence-corrected chi connectivity index (χ4v) is 5.65. The Kier molecular flexibility index (Phi) is 6.93. The second kappa shape index (κ2) is 9.87. The van der Waals surface area contributed by atoms with Gasteiger partial charge in [-0.25, -0.2) is 9.59 Å². The molecule has 2 aliphatic rings. The van der Waals surface area contributed by atoms with Crippen LogP contribution >= 0.6 is 11.8 Å². The van der Waals surface area contributed by atoms with E-state index in [1.165, 1.54) is 16.7 Å². The maximum atomic E-state index is 13.2. The van der Waals surface area contributed by atoms with E-state index < -0.39 is 24.1 Å². The molecule has 33 heavy (non-hydrogen) atoms. The number of nitrogens with zero attached hydrogens (tertiary/aromatic N) is 1. The van der Waals surface area contributed by atoms with Crippen LogP contribution in [-0.2, 0) is 14.3 Å². The summed E-state index contributed by atoms with van der Waals surface area (Å²) in [6, 6.07) is 14.4. The van der Waals surface area contributed by atoms with Gasteiger partial charge >= 0.3 is 12.1 Å². The van der Waals surface area contributed by atoms with Gasteiger partial charge in [-0.2, -0.15) is 0 Å². The van der Waals surface area contributed by atoms with Crippen molar-refractivity contribution in [3.63, 3.8) is 0 Å². The van der Waals surface area contributed by atoms with E-state index in [4.69, 9.17) is 4.74 Å². The molecule has 0 bridgehead atoms. The third kappa shape index (κ3) is 4.57. The number of amides is 2. The highest BCUT2D eigenvalue weighted by Crippen LogP contribution is 2.44. The second-order valence-electron chi connectivity index (χ2n) is 8.50. The molecule has 2 aromatic carbocycles. The van der Waals surface area contributed by atoms with Crippen molar-refractivity contribution in [2.24, 2.45) is 5.92 Å². The van der Waals surface area contributed by atoms with Gasteiger partial charge in [-0.15, -0.1) is 11.8 Å². The van der Waals surface area contributed by atoms with Crippen LogP contribution in [0.5, 0.6) is 0 Å². The van der Waals surface area contributed by atoms with Gasteiger partial charge in [0.2, 0.25) is 5.91 Å². The number of nitrogens with one attached hydrogen (secondary N) is 1. The van der Waals surface area contributed by atoms with E-state index in [1.807, 2.05) is 50.2 Å². The molecular formula is C25H28N2O5S. The number of alkyl carbamates (subject to hydrolysis) is 1. The number of carboxylic acid groups (broad SMARTS) is 1. The SMILES string of the molecule is CCC(C)[C@H](NC(=O)OCC1c2ccccc2-c2ccccc21)C(=O)N1CSC[C@H]1C(=O)O. The highest BCUT2D eigenvalue weighted by molar-refractivity contribution is 7.99. The first-order chi connectivity index (χ1) is 15.9. The van der Waals surface area contributed by atoms with E-state index in [2.05, 4.69) is 17.4 Å². The Morgan fingerprint density at radius 1 is 1.12 bits per heavy atom. The first-order valence-electron chi connectivity index (χ1n) is 11.1. The van der Waals surface area contributed by atoms with Gasteiger partial charge in [-0.3, -0.25) is 4.79 Å². The van der Waals surface area contributed by atoms with Crippen LogP contribution in [0.4, 0.5) is 4.79 Å². The summed E-state index contributed by atoms with van der Waals surface area (Å²) < 4.78 is 5.61. The number of carboxylic acids is 1. The summed E-state index contributed by atoms with van der Waals surface area (Å²) in [6.07, 6.45) is -0.0204. The minimum absolute atomic E-state index is 0.0766. The zero-order valence-corrected chi connectivity index (χ0v) is 19.5. The highest BCUT2D eigenvalue weighted by Gasteiger charge is 2.40. The van der Waals surface area contributed by atoms with E-state index >= 15 is 0 Å². The molecule has 1 heterocycles. The van der Waals surface area contributed by atoms with Crippen LogP contribution in [0, 0.1) is 5.92 Å². The Morgan fingerprint density at radius 2 is 1.73 bits per heavy atom. The molecular weight excluding hydrogens is 440 g/mol. The Morgan fingerprint density at radius 3 is 2.30 bits per heavy atom. The summed E-state index contributed by atoms with van der Waals surface area (Å²) in [5.41, 5.74) is 4.50. The summed E-state index contributed by atoms with van der Waals surface area (Å²) in [6.45, 7) is 3.95.